The molecule has 5 nitrogen and oxygen atoms in total. The van der Waals surface area contributed by atoms with Crippen LogP contribution >= 0.6 is 0 Å². The van der Waals surface area contributed by atoms with E-state index in [0.717, 1.165) is 11.3 Å². The number of ether oxygens (including phenoxy) is 3. The maximum Gasteiger partial charge on any atom is 0.318 e. The number of rotatable bonds is 3. The lowest BCUT2D eigenvalue weighted by molar-refractivity contribution is -0.140. The van der Waals surface area contributed by atoms with Crippen molar-refractivity contribution >= 4 is 5.97 Å². The van der Waals surface area contributed by atoms with Crippen LogP contribution in [0.5, 0.6) is 17.2 Å². The van der Waals surface area contributed by atoms with E-state index in [1.54, 1.807) is 12.1 Å². The lowest BCUT2D eigenvalue weighted by Crippen LogP contribution is -2.31. The molecule has 1 heterocycles. The maximum atomic E-state index is 12.4. The number of methoxy groups -OCH3 is 1. The number of hydrogen-bond donors (Lipinski definition) is 0. The lowest BCUT2D eigenvalue weighted by atomic mass is 9.97. The first-order valence-corrected chi connectivity index (χ1v) is 7.22. The average molecular weight is 309 g/mol. The Labute approximate surface area is 134 Å². The van der Waals surface area contributed by atoms with Gasteiger partial charge in [-0.05, 0) is 30.2 Å². The molecule has 3 rings (SSSR count). The van der Waals surface area contributed by atoms with Crippen LogP contribution in [0.1, 0.15) is 11.1 Å². The summed E-state index contributed by atoms with van der Waals surface area (Å²) in [6.45, 7) is 0.286. The minimum absolute atomic E-state index is 0.286. The van der Waals surface area contributed by atoms with E-state index in [2.05, 4.69) is 0 Å². The number of carbonyl (C=O) groups is 1. The molecule has 2 aromatic carbocycles. The van der Waals surface area contributed by atoms with Crippen LogP contribution in [0, 0.1) is 17.2 Å². The fraction of sp³-hybridized carbons (Fsp3) is 0.222. The number of fused-ring (bicyclic) bond motifs is 1. The Kier molecular flexibility index (Phi) is 4.15. The molecule has 1 aliphatic rings. The summed E-state index contributed by atoms with van der Waals surface area (Å²) < 4.78 is 16.2. The summed E-state index contributed by atoms with van der Waals surface area (Å²) in [4.78, 5) is 12.4. The summed E-state index contributed by atoms with van der Waals surface area (Å²) in [5, 5.41) is 8.90. The number of benzene rings is 2. The van der Waals surface area contributed by atoms with E-state index < -0.39 is 0 Å². The van der Waals surface area contributed by atoms with E-state index in [-0.39, 0.29) is 18.5 Å². The largest absolute Gasteiger partial charge is 0.493 e. The minimum Gasteiger partial charge on any atom is -0.493 e. The van der Waals surface area contributed by atoms with Gasteiger partial charge >= 0.3 is 5.97 Å². The lowest BCUT2D eigenvalue weighted by Gasteiger charge is -2.24. The summed E-state index contributed by atoms with van der Waals surface area (Å²) in [5.41, 5.74) is 1.43. The highest BCUT2D eigenvalue weighted by Gasteiger charge is 2.28. The molecule has 0 radical (unpaired) electrons. The van der Waals surface area contributed by atoms with Crippen molar-refractivity contribution in [1.82, 2.24) is 0 Å². The number of nitriles is 1. The van der Waals surface area contributed by atoms with Gasteiger partial charge in [0.15, 0.2) is 11.5 Å². The maximum absolute atomic E-state index is 12.4. The van der Waals surface area contributed by atoms with E-state index >= 15 is 0 Å². The molecule has 1 unspecified atom stereocenters. The highest BCUT2D eigenvalue weighted by molar-refractivity contribution is 5.77. The van der Waals surface area contributed by atoms with E-state index in [1.807, 2.05) is 30.3 Å². The van der Waals surface area contributed by atoms with E-state index in [9.17, 15) is 4.79 Å². The Bertz CT molecular complexity index is 779. The molecule has 0 fully saturated rings. The molecule has 5 heteroatoms. The van der Waals surface area contributed by atoms with Gasteiger partial charge in [-0.1, -0.05) is 18.2 Å². The molecule has 116 valence electrons. The number of para-hydroxylation sites is 1. The third-order valence-corrected chi connectivity index (χ3v) is 3.72. The van der Waals surface area contributed by atoms with Crippen molar-refractivity contribution in [3.05, 3.63) is 53.6 Å². The number of esters is 1. The zero-order chi connectivity index (χ0) is 16.2. The second-order valence-corrected chi connectivity index (χ2v) is 5.22. The molecule has 0 amide bonds. The molecule has 0 aromatic heterocycles. The van der Waals surface area contributed by atoms with E-state index in [4.69, 9.17) is 19.5 Å². The predicted octanol–water partition coefficient (Wildman–Crippen LogP) is 2.72. The monoisotopic (exact) mass is 309 g/mol. The SMILES string of the molecule is COc1cc(C#N)ccc1OC(=O)C1COc2ccccc2C1. The fourth-order valence-electron chi connectivity index (χ4n) is 2.49. The predicted molar refractivity (Wildman–Crippen MR) is 82.5 cm³/mol. The van der Waals surface area contributed by atoms with E-state index in [1.165, 1.54) is 13.2 Å². The summed E-state index contributed by atoms with van der Waals surface area (Å²) >= 11 is 0. The van der Waals surface area contributed by atoms with Crippen LogP contribution in [-0.2, 0) is 11.2 Å². The van der Waals surface area contributed by atoms with Crippen LogP contribution in [0.4, 0.5) is 0 Å². The van der Waals surface area contributed by atoms with Gasteiger partial charge in [0, 0.05) is 6.07 Å². The fourth-order valence-corrected chi connectivity index (χ4v) is 2.49. The van der Waals surface area contributed by atoms with Gasteiger partial charge in [0.05, 0.1) is 24.7 Å². The second kappa shape index (κ2) is 6.41. The summed E-state index contributed by atoms with van der Waals surface area (Å²) in [6, 6.07) is 14.3. The van der Waals surface area contributed by atoms with Gasteiger partial charge in [-0.2, -0.15) is 5.26 Å². The molecule has 0 saturated carbocycles. The Morgan fingerprint density at radius 2 is 2.09 bits per heavy atom. The molecule has 0 saturated heterocycles. The summed E-state index contributed by atoms with van der Waals surface area (Å²) in [7, 11) is 1.47. The topological polar surface area (TPSA) is 68.5 Å². The Morgan fingerprint density at radius 3 is 2.87 bits per heavy atom. The van der Waals surface area contributed by atoms with Gasteiger partial charge in [0.2, 0.25) is 0 Å². The highest BCUT2D eigenvalue weighted by atomic mass is 16.6. The number of nitrogens with zero attached hydrogens (tertiary/aromatic N) is 1. The Balaban J connectivity index is 1.74. The second-order valence-electron chi connectivity index (χ2n) is 5.22. The van der Waals surface area contributed by atoms with Crippen molar-refractivity contribution in [1.29, 1.82) is 5.26 Å². The van der Waals surface area contributed by atoms with Crippen molar-refractivity contribution in [2.75, 3.05) is 13.7 Å². The molecule has 1 atom stereocenters. The first-order valence-electron chi connectivity index (χ1n) is 7.22. The third-order valence-electron chi connectivity index (χ3n) is 3.72. The average Bonchev–Trinajstić information content (AvgIpc) is 2.61. The first-order chi connectivity index (χ1) is 11.2. The van der Waals surface area contributed by atoms with Crippen LogP contribution in [-0.4, -0.2) is 19.7 Å². The summed E-state index contributed by atoms with van der Waals surface area (Å²) in [5.74, 6) is 0.727. The normalized spacial score (nSPS) is 15.7. The molecule has 1 aliphatic heterocycles. The van der Waals surface area contributed by atoms with Crippen LogP contribution in [0.25, 0.3) is 0 Å². The van der Waals surface area contributed by atoms with Crippen LogP contribution in [0.15, 0.2) is 42.5 Å². The Hall–Kier alpha value is -3.00. The smallest absolute Gasteiger partial charge is 0.318 e. The van der Waals surface area contributed by atoms with Gasteiger partial charge in [0.1, 0.15) is 12.4 Å². The third kappa shape index (κ3) is 3.11. The molecular formula is C18H15NO4. The zero-order valence-corrected chi connectivity index (χ0v) is 12.6. The molecule has 23 heavy (non-hydrogen) atoms. The molecular weight excluding hydrogens is 294 g/mol. The van der Waals surface area contributed by atoms with Gasteiger partial charge in [-0.25, -0.2) is 0 Å². The first kappa shape index (κ1) is 14.9. The van der Waals surface area contributed by atoms with Crippen molar-refractivity contribution < 1.29 is 19.0 Å². The van der Waals surface area contributed by atoms with Gasteiger partial charge in [0.25, 0.3) is 0 Å². The minimum atomic E-state index is -0.373. The molecule has 2 aromatic rings. The number of hydrogen-bond acceptors (Lipinski definition) is 5. The molecule has 0 aliphatic carbocycles. The van der Waals surface area contributed by atoms with Crippen molar-refractivity contribution in [2.24, 2.45) is 5.92 Å². The quantitative estimate of drug-likeness (QED) is 0.644. The number of carbonyl (C=O) groups excluding carboxylic acids is 1. The highest BCUT2D eigenvalue weighted by Crippen LogP contribution is 2.31. The zero-order valence-electron chi connectivity index (χ0n) is 12.6. The van der Waals surface area contributed by atoms with Gasteiger partial charge in [-0.15, -0.1) is 0 Å². The Morgan fingerprint density at radius 1 is 1.26 bits per heavy atom. The van der Waals surface area contributed by atoms with E-state index in [0.29, 0.717) is 23.5 Å². The molecule has 0 N–H and O–H groups in total. The standard InChI is InChI=1S/C18H15NO4/c1-21-17-8-12(10-19)6-7-16(17)23-18(20)14-9-13-4-2-3-5-15(13)22-11-14/h2-8,14H,9,11H2,1H3. The van der Waals surface area contributed by atoms with Crippen molar-refractivity contribution in [3.63, 3.8) is 0 Å². The van der Waals surface area contributed by atoms with Crippen LogP contribution in [0.3, 0.4) is 0 Å². The van der Waals surface area contributed by atoms with Gasteiger partial charge in [-0.3, -0.25) is 4.79 Å². The molecule has 0 spiro atoms. The summed E-state index contributed by atoms with van der Waals surface area (Å²) in [6.07, 6.45) is 0.577. The van der Waals surface area contributed by atoms with Crippen molar-refractivity contribution in [3.8, 4) is 23.3 Å². The van der Waals surface area contributed by atoms with Gasteiger partial charge < -0.3 is 14.2 Å². The molecule has 0 bridgehead atoms. The van der Waals surface area contributed by atoms with Crippen LogP contribution < -0.4 is 14.2 Å². The van der Waals surface area contributed by atoms with Crippen LogP contribution in [0.2, 0.25) is 0 Å². The van der Waals surface area contributed by atoms with Crippen molar-refractivity contribution in [2.45, 2.75) is 6.42 Å².